The third kappa shape index (κ3) is 6.39. The highest BCUT2D eigenvalue weighted by Gasteiger charge is 2.63. The van der Waals surface area contributed by atoms with Gasteiger partial charge in [-0.25, -0.2) is 24.5 Å². The molecule has 0 bridgehead atoms. The first-order valence-corrected chi connectivity index (χ1v) is 12.4. The summed E-state index contributed by atoms with van der Waals surface area (Å²) in [6.07, 6.45) is 5.26. The Morgan fingerprint density at radius 1 is 1.11 bits per heavy atom. The number of esters is 1. The van der Waals surface area contributed by atoms with Gasteiger partial charge in [0.1, 0.15) is 22.9 Å². The Labute approximate surface area is 209 Å². The molecule has 2 aromatic heterocycles. The van der Waals surface area contributed by atoms with Gasteiger partial charge in [0.05, 0.1) is 12.8 Å². The summed E-state index contributed by atoms with van der Waals surface area (Å²) < 4.78 is 17.7. The molecule has 0 radical (unpaired) electrons. The maximum Gasteiger partial charge on any atom is 0.419 e. The Balaban J connectivity index is 1.70. The quantitative estimate of drug-likeness (QED) is 0.392. The van der Waals surface area contributed by atoms with Crippen LogP contribution in [0.15, 0.2) is 24.1 Å². The average Bonchev–Trinajstić information content (AvgIpc) is 3.11. The molecule has 2 atom stereocenters. The second-order valence-electron chi connectivity index (χ2n) is 10.6. The number of ether oxygens (including phenoxy) is 3. The van der Waals surface area contributed by atoms with Crippen LogP contribution in [-0.2, 0) is 24.4 Å². The van der Waals surface area contributed by atoms with E-state index in [9.17, 15) is 14.4 Å². The van der Waals surface area contributed by atoms with Crippen molar-refractivity contribution in [1.82, 2.24) is 19.4 Å². The number of imide groups is 1. The fourth-order valence-corrected chi connectivity index (χ4v) is 4.50. The van der Waals surface area contributed by atoms with Crippen LogP contribution in [0.4, 0.5) is 9.59 Å². The number of imidazole rings is 1. The van der Waals surface area contributed by atoms with Gasteiger partial charge >= 0.3 is 18.2 Å². The predicted molar refractivity (Wildman–Crippen MR) is 129 cm³/mol. The molecule has 2 heterocycles. The molecule has 0 aromatic carbocycles. The molecular weight excluding hydrogens is 472 g/mol. The predicted octanol–water partition coefficient (Wildman–Crippen LogP) is 4.71. The number of amides is 2. The monoisotopic (exact) mass is 506 g/mol. The van der Waals surface area contributed by atoms with Crippen molar-refractivity contribution < 1.29 is 28.6 Å². The highest BCUT2D eigenvalue weighted by molar-refractivity contribution is 7.12. The van der Waals surface area contributed by atoms with Gasteiger partial charge < -0.3 is 14.2 Å². The van der Waals surface area contributed by atoms with Crippen molar-refractivity contribution in [1.29, 1.82) is 0 Å². The smallest absolute Gasteiger partial charge is 0.419 e. The zero-order valence-electron chi connectivity index (χ0n) is 21.4. The van der Waals surface area contributed by atoms with Gasteiger partial charge in [0, 0.05) is 24.3 Å². The lowest BCUT2D eigenvalue weighted by atomic mass is 9.97. The van der Waals surface area contributed by atoms with Crippen LogP contribution < -0.4 is 0 Å². The van der Waals surface area contributed by atoms with Gasteiger partial charge in [-0.2, -0.15) is 0 Å². The summed E-state index contributed by atoms with van der Waals surface area (Å²) >= 11 is 1.47. The molecule has 11 heteroatoms. The van der Waals surface area contributed by atoms with Crippen LogP contribution in [-0.4, -0.2) is 62.4 Å². The zero-order valence-corrected chi connectivity index (χ0v) is 22.2. The van der Waals surface area contributed by atoms with Crippen molar-refractivity contribution in [2.75, 3.05) is 13.7 Å². The summed E-state index contributed by atoms with van der Waals surface area (Å²) in [6, 6.07) is 0. The van der Waals surface area contributed by atoms with Gasteiger partial charge in [-0.05, 0) is 66.7 Å². The molecule has 2 amide bonds. The Kier molecular flexibility index (Phi) is 7.59. The standard InChI is InChI=1S/C24H34N4O6S/c1-22(2,3)33-20(30)28(21(31)34-23(4,5)6)11-8-9-16-13-24(16,18(29)32-7)17-14-27(15-26-17)19-25-10-12-35-19/h10,12,14-16H,8-9,11,13H2,1-7H3/t16-,24+/m0/s1. The van der Waals surface area contributed by atoms with Gasteiger partial charge in [0.15, 0.2) is 5.13 Å². The topological polar surface area (TPSA) is 113 Å². The van der Waals surface area contributed by atoms with Gasteiger partial charge in [-0.3, -0.25) is 9.36 Å². The minimum atomic E-state index is -0.847. The van der Waals surface area contributed by atoms with E-state index in [-0.39, 0.29) is 18.4 Å². The third-order valence-electron chi connectivity index (χ3n) is 5.50. The van der Waals surface area contributed by atoms with Crippen molar-refractivity contribution in [2.45, 2.75) is 77.4 Å². The molecule has 35 heavy (non-hydrogen) atoms. The molecule has 0 unspecified atom stereocenters. The Morgan fingerprint density at radius 3 is 2.26 bits per heavy atom. The minimum Gasteiger partial charge on any atom is -0.468 e. The summed E-state index contributed by atoms with van der Waals surface area (Å²) in [5, 5.41) is 2.62. The fourth-order valence-electron chi connectivity index (χ4n) is 3.92. The Hall–Kier alpha value is -2.95. The first-order valence-electron chi connectivity index (χ1n) is 11.5. The summed E-state index contributed by atoms with van der Waals surface area (Å²) in [5.41, 5.74) is -1.74. The Bertz CT molecular complexity index is 1030. The lowest BCUT2D eigenvalue weighted by Gasteiger charge is -2.28. The first kappa shape index (κ1) is 26.7. The van der Waals surface area contributed by atoms with E-state index in [0.717, 1.165) is 10.0 Å². The number of hydrogen-bond acceptors (Lipinski definition) is 9. The molecule has 0 saturated heterocycles. The number of hydrogen-bond donors (Lipinski definition) is 0. The molecule has 10 nitrogen and oxygen atoms in total. The molecule has 1 fully saturated rings. The molecule has 1 saturated carbocycles. The van der Waals surface area contributed by atoms with Crippen LogP contribution in [0.1, 0.15) is 66.5 Å². The normalized spacial score (nSPS) is 19.7. The molecule has 0 spiro atoms. The maximum absolute atomic E-state index is 12.8. The molecule has 0 aliphatic heterocycles. The summed E-state index contributed by atoms with van der Waals surface area (Å²) in [6.45, 7) is 10.5. The van der Waals surface area contributed by atoms with Crippen LogP contribution in [0.25, 0.3) is 5.13 Å². The lowest BCUT2D eigenvalue weighted by molar-refractivity contribution is -0.144. The van der Waals surface area contributed by atoms with Crippen molar-refractivity contribution in [3.63, 3.8) is 0 Å². The second kappa shape index (κ2) is 9.96. The molecule has 2 aromatic rings. The van der Waals surface area contributed by atoms with Crippen LogP contribution in [0.2, 0.25) is 0 Å². The largest absolute Gasteiger partial charge is 0.468 e. The number of nitrogens with zero attached hydrogens (tertiary/aromatic N) is 4. The maximum atomic E-state index is 12.8. The zero-order chi connectivity index (χ0) is 26.0. The summed E-state index contributed by atoms with van der Waals surface area (Å²) in [7, 11) is 1.37. The van der Waals surface area contributed by atoms with Gasteiger partial charge in [-0.1, -0.05) is 0 Å². The first-order chi connectivity index (χ1) is 16.3. The molecule has 1 aliphatic carbocycles. The fraction of sp³-hybridized carbons (Fsp3) is 0.625. The second-order valence-corrected chi connectivity index (χ2v) is 11.5. The van der Waals surface area contributed by atoms with Gasteiger partial charge in [0.25, 0.3) is 0 Å². The minimum absolute atomic E-state index is 0.0336. The highest BCUT2D eigenvalue weighted by atomic mass is 32.1. The van der Waals surface area contributed by atoms with E-state index >= 15 is 0 Å². The SMILES string of the molecule is COC(=O)[C@]1(c2cn(-c3nccs3)cn2)C[C@@H]1CCCN(C(=O)OC(C)(C)C)C(=O)OC(C)(C)C. The van der Waals surface area contributed by atoms with Crippen LogP contribution >= 0.6 is 11.3 Å². The Morgan fingerprint density at radius 2 is 1.74 bits per heavy atom. The molecule has 1 aliphatic rings. The summed E-state index contributed by atoms with van der Waals surface area (Å²) in [4.78, 5) is 47.9. The van der Waals surface area contributed by atoms with Crippen molar-refractivity contribution in [3.8, 4) is 5.13 Å². The van der Waals surface area contributed by atoms with E-state index in [1.807, 2.05) is 11.6 Å². The highest BCUT2D eigenvalue weighted by Crippen LogP contribution is 2.57. The van der Waals surface area contributed by atoms with Crippen molar-refractivity contribution in [2.24, 2.45) is 5.92 Å². The van der Waals surface area contributed by atoms with Crippen LogP contribution in [0, 0.1) is 5.92 Å². The average molecular weight is 507 g/mol. The number of thiazole rings is 1. The number of rotatable bonds is 7. The molecule has 0 N–H and O–H groups in total. The van der Waals surface area contributed by atoms with Gasteiger partial charge in [-0.15, -0.1) is 11.3 Å². The van der Waals surface area contributed by atoms with Crippen LogP contribution in [0.3, 0.4) is 0 Å². The third-order valence-corrected chi connectivity index (χ3v) is 6.28. The summed E-state index contributed by atoms with van der Waals surface area (Å²) in [5.74, 6) is -0.378. The van der Waals surface area contributed by atoms with E-state index in [1.165, 1.54) is 18.4 Å². The lowest BCUT2D eigenvalue weighted by Crippen LogP contribution is -2.44. The number of methoxy groups -OCH3 is 1. The van der Waals surface area contributed by atoms with Crippen molar-refractivity contribution in [3.05, 3.63) is 29.8 Å². The van der Waals surface area contributed by atoms with E-state index in [2.05, 4.69) is 9.97 Å². The van der Waals surface area contributed by atoms with E-state index in [1.54, 1.807) is 58.6 Å². The van der Waals surface area contributed by atoms with Gasteiger partial charge in [0.2, 0.25) is 0 Å². The molecule has 192 valence electrons. The van der Waals surface area contributed by atoms with E-state index in [4.69, 9.17) is 14.2 Å². The van der Waals surface area contributed by atoms with E-state index < -0.39 is 28.8 Å². The number of carbonyl (C=O) groups is 3. The number of carbonyl (C=O) groups excluding carboxylic acids is 3. The van der Waals surface area contributed by atoms with Crippen molar-refractivity contribution >= 4 is 29.5 Å². The van der Waals surface area contributed by atoms with Crippen LogP contribution in [0.5, 0.6) is 0 Å². The molecular formula is C24H34N4O6S. The number of aromatic nitrogens is 3. The molecule has 3 rings (SSSR count). The van der Waals surface area contributed by atoms with E-state index in [0.29, 0.717) is 25.0 Å².